The fraction of sp³-hybridized carbons (Fsp3) is 0.600. The first-order valence-electron chi connectivity index (χ1n) is 15.7. The molecule has 2 aromatic rings. The summed E-state index contributed by atoms with van der Waals surface area (Å²) >= 11 is 0. The molecule has 4 rings (SSSR count). The van der Waals surface area contributed by atoms with E-state index in [9.17, 15) is 0 Å². The van der Waals surface area contributed by atoms with Crippen molar-refractivity contribution in [3.63, 3.8) is 0 Å². The van der Waals surface area contributed by atoms with E-state index in [1.807, 2.05) is 12.1 Å². The summed E-state index contributed by atoms with van der Waals surface area (Å²) < 4.78 is 26.8. The average molecular weight is 623 g/mol. The Kier molecular flexibility index (Phi) is 9.59. The molecule has 0 saturated heterocycles. The molecule has 0 spiro atoms. The van der Waals surface area contributed by atoms with Gasteiger partial charge in [-0.1, -0.05) is 102 Å². The lowest BCUT2D eigenvalue weighted by molar-refractivity contribution is 0.133. The van der Waals surface area contributed by atoms with Gasteiger partial charge in [-0.2, -0.15) is 0 Å². The van der Waals surface area contributed by atoms with Gasteiger partial charge in [0, 0.05) is 0 Å². The number of benzene rings is 2. The minimum absolute atomic E-state index is 0.112. The molecule has 2 aromatic carbocycles. The maximum Gasteiger partial charge on any atom is 0.199 e. The molecule has 2 aliphatic rings. The minimum Gasteiger partial charge on any atom is -0.470 e. The normalized spacial score (nSPS) is 23.4. The first-order valence-corrected chi connectivity index (χ1v) is 21.5. The van der Waals surface area contributed by atoms with Crippen molar-refractivity contribution in [2.24, 2.45) is 15.4 Å². The number of hydrogen-bond donors (Lipinski definition) is 0. The number of rotatable bonds is 10. The van der Waals surface area contributed by atoms with Gasteiger partial charge in [-0.15, -0.1) is 0 Å². The highest BCUT2D eigenvalue weighted by Gasteiger charge is 2.49. The Morgan fingerprint density at radius 1 is 0.581 bits per heavy atom. The maximum absolute atomic E-state index is 6.72. The van der Waals surface area contributed by atoms with Gasteiger partial charge in [0.1, 0.15) is 29.7 Å². The van der Waals surface area contributed by atoms with E-state index >= 15 is 0 Å². The SMILES string of the molecule is CC(C)(C1=N[C@@H](CO[Si](C)(C)C(C)(C)C)[C@H](c2ccccc2)O1)C1=N[C@@H](CO[Si](C)(C)C(C)(C)C)[C@H](c2ccccc2)O1. The molecular weight excluding hydrogens is 569 g/mol. The molecule has 0 amide bonds. The largest absolute Gasteiger partial charge is 0.470 e. The average Bonchev–Trinajstić information content (AvgIpc) is 3.56. The zero-order valence-corrected chi connectivity index (χ0v) is 30.5. The first-order chi connectivity index (χ1) is 19.8. The van der Waals surface area contributed by atoms with Crippen molar-refractivity contribution in [2.75, 3.05) is 13.2 Å². The van der Waals surface area contributed by atoms with Crippen LogP contribution < -0.4 is 0 Å². The standard InChI is InChI=1S/C35H54N2O4Si2/c1-33(2,3)42(9,10)38-23-27-29(25-19-15-13-16-20-25)40-31(36-27)35(7,8)32-37-28(24-39-43(11,12)34(4,5)6)30(41-32)26-21-17-14-18-22-26/h13-22,27-30H,23-24H2,1-12H3/t27-,28-,29-,30-/m0/s1. The second kappa shape index (κ2) is 12.3. The smallest absolute Gasteiger partial charge is 0.199 e. The highest BCUT2D eigenvalue weighted by Crippen LogP contribution is 2.43. The van der Waals surface area contributed by atoms with Crippen LogP contribution in [-0.2, 0) is 18.3 Å². The van der Waals surface area contributed by atoms with Crippen LogP contribution in [0.2, 0.25) is 36.3 Å². The Hall–Kier alpha value is -2.27. The summed E-state index contributed by atoms with van der Waals surface area (Å²) in [6, 6.07) is 20.4. The van der Waals surface area contributed by atoms with Gasteiger partial charge in [0.05, 0.1) is 13.2 Å². The van der Waals surface area contributed by atoms with E-state index in [2.05, 4.69) is 130 Å². The topological polar surface area (TPSA) is 61.6 Å². The molecule has 236 valence electrons. The Morgan fingerprint density at radius 2 is 0.907 bits per heavy atom. The van der Waals surface area contributed by atoms with Crippen LogP contribution in [0.3, 0.4) is 0 Å². The second-order valence-corrected chi connectivity index (χ2v) is 25.3. The number of ether oxygens (including phenoxy) is 2. The Morgan fingerprint density at radius 3 is 1.21 bits per heavy atom. The van der Waals surface area contributed by atoms with E-state index in [1.54, 1.807) is 0 Å². The van der Waals surface area contributed by atoms with Crippen LogP contribution in [0.4, 0.5) is 0 Å². The van der Waals surface area contributed by atoms with Crippen molar-refractivity contribution in [1.82, 2.24) is 0 Å². The van der Waals surface area contributed by atoms with Crippen molar-refractivity contribution in [3.05, 3.63) is 71.8 Å². The highest BCUT2D eigenvalue weighted by atomic mass is 28.4. The van der Waals surface area contributed by atoms with Crippen molar-refractivity contribution in [1.29, 1.82) is 0 Å². The molecule has 0 unspecified atom stereocenters. The molecule has 0 aliphatic carbocycles. The summed E-state index contributed by atoms with van der Waals surface area (Å²) in [5, 5.41) is 0.224. The molecule has 2 heterocycles. The summed E-state index contributed by atoms with van der Waals surface area (Å²) in [7, 11) is -3.95. The molecule has 8 heteroatoms. The van der Waals surface area contributed by atoms with E-state index in [0.717, 1.165) is 11.1 Å². The van der Waals surface area contributed by atoms with Gasteiger partial charge in [0.15, 0.2) is 28.4 Å². The molecule has 2 aliphatic heterocycles. The van der Waals surface area contributed by atoms with E-state index in [0.29, 0.717) is 25.0 Å². The van der Waals surface area contributed by atoms with E-state index < -0.39 is 22.0 Å². The van der Waals surface area contributed by atoms with Gasteiger partial charge < -0.3 is 18.3 Å². The third kappa shape index (κ3) is 7.35. The molecule has 0 radical (unpaired) electrons. The molecule has 4 atom stereocenters. The highest BCUT2D eigenvalue weighted by molar-refractivity contribution is 6.74. The predicted molar refractivity (Wildman–Crippen MR) is 183 cm³/mol. The fourth-order valence-electron chi connectivity index (χ4n) is 4.74. The molecule has 0 bridgehead atoms. The van der Waals surface area contributed by atoms with E-state index in [-0.39, 0.29) is 34.4 Å². The quantitative estimate of drug-likeness (QED) is 0.248. The fourth-order valence-corrected chi connectivity index (χ4v) is 6.78. The third-order valence-electron chi connectivity index (χ3n) is 9.91. The monoisotopic (exact) mass is 622 g/mol. The molecule has 6 nitrogen and oxygen atoms in total. The lowest BCUT2D eigenvalue weighted by Crippen LogP contribution is -2.42. The van der Waals surface area contributed by atoms with Crippen molar-refractivity contribution >= 4 is 28.4 Å². The van der Waals surface area contributed by atoms with Crippen LogP contribution in [-0.4, -0.2) is 53.7 Å². The van der Waals surface area contributed by atoms with Crippen molar-refractivity contribution in [2.45, 2.75) is 116 Å². The van der Waals surface area contributed by atoms with Gasteiger partial charge in [-0.3, -0.25) is 0 Å². The summed E-state index contributed by atoms with van der Waals surface area (Å²) in [5.41, 5.74) is 1.52. The summed E-state index contributed by atoms with van der Waals surface area (Å²) in [5.74, 6) is 1.28. The zero-order chi connectivity index (χ0) is 31.8. The van der Waals surface area contributed by atoms with E-state index in [4.69, 9.17) is 28.3 Å². The lowest BCUT2D eigenvalue weighted by atomic mass is 9.93. The van der Waals surface area contributed by atoms with Gasteiger partial charge in [0.25, 0.3) is 0 Å². The van der Waals surface area contributed by atoms with Gasteiger partial charge in [0.2, 0.25) is 0 Å². The molecule has 43 heavy (non-hydrogen) atoms. The van der Waals surface area contributed by atoms with Crippen LogP contribution in [0, 0.1) is 5.41 Å². The summed E-state index contributed by atoms with van der Waals surface area (Å²) in [6.07, 6.45) is -0.463. The van der Waals surface area contributed by atoms with Crippen LogP contribution >= 0.6 is 0 Å². The third-order valence-corrected chi connectivity index (χ3v) is 18.9. The van der Waals surface area contributed by atoms with Crippen LogP contribution in [0.15, 0.2) is 70.6 Å². The number of nitrogens with zero attached hydrogens (tertiary/aromatic N) is 2. The van der Waals surface area contributed by atoms with Crippen LogP contribution in [0.1, 0.15) is 78.7 Å². The minimum atomic E-state index is -1.97. The van der Waals surface area contributed by atoms with Gasteiger partial charge in [-0.05, 0) is 61.2 Å². The number of aliphatic imine (C=N–C) groups is 2. The number of hydrogen-bond acceptors (Lipinski definition) is 6. The lowest BCUT2D eigenvalue weighted by Gasteiger charge is -2.37. The Balaban J connectivity index is 1.63. The summed E-state index contributed by atoms with van der Waals surface area (Å²) in [4.78, 5) is 10.4. The van der Waals surface area contributed by atoms with Crippen molar-refractivity contribution < 1.29 is 18.3 Å². The maximum atomic E-state index is 6.72. The van der Waals surface area contributed by atoms with Crippen LogP contribution in [0.25, 0.3) is 0 Å². The molecule has 0 N–H and O–H groups in total. The van der Waals surface area contributed by atoms with Crippen LogP contribution in [0.5, 0.6) is 0 Å². The first kappa shape index (κ1) is 33.6. The Labute approximate surface area is 262 Å². The van der Waals surface area contributed by atoms with Gasteiger partial charge >= 0.3 is 0 Å². The molecule has 0 aromatic heterocycles. The predicted octanol–water partition coefficient (Wildman–Crippen LogP) is 9.13. The zero-order valence-electron chi connectivity index (χ0n) is 28.5. The second-order valence-electron chi connectivity index (χ2n) is 15.7. The summed E-state index contributed by atoms with van der Waals surface area (Å²) in [6.45, 7) is 27.9. The Bertz CT molecular complexity index is 1200. The van der Waals surface area contributed by atoms with E-state index in [1.165, 1.54) is 0 Å². The van der Waals surface area contributed by atoms with Crippen molar-refractivity contribution in [3.8, 4) is 0 Å². The molecular formula is C35H54N2O4Si2. The molecule has 0 fully saturated rings. The van der Waals surface area contributed by atoms with Gasteiger partial charge in [-0.25, -0.2) is 9.98 Å². The molecule has 0 saturated carbocycles.